The van der Waals surface area contributed by atoms with Gasteiger partial charge in [-0.1, -0.05) is 19.1 Å². The average molecular weight is 419 g/mol. The molecule has 0 spiro atoms. The van der Waals surface area contributed by atoms with E-state index in [4.69, 9.17) is 0 Å². The first-order valence-corrected chi connectivity index (χ1v) is 9.40. The zero-order chi connectivity index (χ0) is 18.0. The first-order valence-electron chi connectivity index (χ1n) is 7.79. The molecule has 0 aliphatic heterocycles. The maximum atomic E-state index is 13.2. The van der Waals surface area contributed by atoms with Crippen LogP contribution in [-0.4, -0.2) is 10.5 Å². The van der Waals surface area contributed by atoms with E-state index in [1.807, 2.05) is 29.8 Å². The van der Waals surface area contributed by atoms with Crippen LogP contribution in [0.5, 0.6) is 0 Å². The number of thiazole rings is 1. The Hall–Kier alpha value is -2.05. The van der Waals surface area contributed by atoms with Crippen LogP contribution < -0.4 is 4.80 Å². The highest BCUT2D eigenvalue weighted by Crippen LogP contribution is 2.26. The zero-order valence-electron chi connectivity index (χ0n) is 13.8. The molecule has 25 heavy (non-hydrogen) atoms. The Bertz CT molecular complexity index is 989. The molecule has 128 valence electrons. The van der Waals surface area contributed by atoms with E-state index in [0.717, 1.165) is 27.0 Å². The summed E-state index contributed by atoms with van der Waals surface area (Å²) in [5, 5.41) is 0. The van der Waals surface area contributed by atoms with Crippen molar-refractivity contribution in [2.24, 2.45) is 12.0 Å². The van der Waals surface area contributed by atoms with Crippen LogP contribution in [0.2, 0.25) is 0 Å². The lowest BCUT2D eigenvalue weighted by Crippen LogP contribution is -2.14. The molecular formula is C19H16BrFN2OS. The van der Waals surface area contributed by atoms with Gasteiger partial charge in [-0.3, -0.25) is 4.79 Å². The minimum atomic E-state index is -0.294. The second-order valence-electron chi connectivity index (χ2n) is 5.47. The Balaban J connectivity index is 2.11. The van der Waals surface area contributed by atoms with Crippen LogP contribution in [0.25, 0.3) is 11.3 Å². The largest absolute Gasteiger partial charge is 0.319 e. The van der Waals surface area contributed by atoms with E-state index in [-0.39, 0.29) is 11.7 Å². The van der Waals surface area contributed by atoms with Crippen molar-refractivity contribution in [1.82, 2.24) is 4.57 Å². The van der Waals surface area contributed by atoms with Gasteiger partial charge in [0.25, 0.3) is 5.91 Å². The number of hydrogen-bond donors (Lipinski definition) is 0. The van der Waals surface area contributed by atoms with Gasteiger partial charge in [-0.05, 0) is 64.3 Å². The van der Waals surface area contributed by atoms with Crippen LogP contribution in [0.4, 0.5) is 4.39 Å². The lowest BCUT2D eigenvalue weighted by molar-refractivity contribution is 0.0997. The second-order valence-corrected chi connectivity index (χ2v) is 7.39. The molecular weight excluding hydrogens is 403 g/mol. The van der Waals surface area contributed by atoms with Crippen LogP contribution in [0.3, 0.4) is 0 Å². The molecule has 0 bridgehead atoms. The lowest BCUT2D eigenvalue weighted by Gasteiger charge is -2.05. The average Bonchev–Trinajstić information content (AvgIpc) is 2.92. The molecule has 1 aromatic heterocycles. The van der Waals surface area contributed by atoms with Crippen molar-refractivity contribution in [3.8, 4) is 11.3 Å². The van der Waals surface area contributed by atoms with Gasteiger partial charge in [0.15, 0.2) is 4.80 Å². The van der Waals surface area contributed by atoms with Crippen molar-refractivity contribution >= 4 is 33.2 Å². The molecule has 0 N–H and O–H groups in total. The smallest absolute Gasteiger partial charge is 0.280 e. The summed E-state index contributed by atoms with van der Waals surface area (Å²) in [6.45, 7) is 2.05. The van der Waals surface area contributed by atoms with Crippen molar-refractivity contribution < 1.29 is 9.18 Å². The van der Waals surface area contributed by atoms with Crippen LogP contribution in [0, 0.1) is 5.82 Å². The number of nitrogens with zero attached hydrogens (tertiary/aromatic N) is 2. The van der Waals surface area contributed by atoms with Gasteiger partial charge >= 0.3 is 0 Å². The number of hydrogen-bond acceptors (Lipinski definition) is 2. The van der Waals surface area contributed by atoms with Crippen molar-refractivity contribution in [2.75, 3.05) is 0 Å². The molecule has 6 heteroatoms. The zero-order valence-corrected chi connectivity index (χ0v) is 16.2. The van der Waals surface area contributed by atoms with Crippen LogP contribution in [0.15, 0.2) is 58.0 Å². The molecule has 3 rings (SSSR count). The predicted molar refractivity (Wildman–Crippen MR) is 102 cm³/mol. The van der Waals surface area contributed by atoms with E-state index in [0.29, 0.717) is 10.4 Å². The van der Waals surface area contributed by atoms with Gasteiger partial charge in [0.1, 0.15) is 5.82 Å². The number of rotatable bonds is 3. The lowest BCUT2D eigenvalue weighted by atomic mass is 10.1. The van der Waals surface area contributed by atoms with E-state index in [9.17, 15) is 9.18 Å². The summed E-state index contributed by atoms with van der Waals surface area (Å²) in [6, 6.07) is 13.6. The molecule has 0 fully saturated rings. The first kappa shape index (κ1) is 17.8. The summed E-state index contributed by atoms with van der Waals surface area (Å²) < 4.78 is 15.8. The molecule has 0 aliphatic rings. The molecule has 0 atom stereocenters. The third kappa shape index (κ3) is 3.65. The fourth-order valence-corrected chi connectivity index (χ4v) is 4.12. The van der Waals surface area contributed by atoms with Crippen molar-refractivity contribution in [1.29, 1.82) is 0 Å². The Morgan fingerprint density at radius 3 is 2.52 bits per heavy atom. The van der Waals surface area contributed by atoms with Gasteiger partial charge in [-0.2, -0.15) is 4.99 Å². The highest BCUT2D eigenvalue weighted by atomic mass is 79.9. The summed E-state index contributed by atoms with van der Waals surface area (Å²) in [4.78, 5) is 18.6. The summed E-state index contributed by atoms with van der Waals surface area (Å²) in [7, 11) is 1.88. The van der Waals surface area contributed by atoms with Crippen LogP contribution in [-0.2, 0) is 13.5 Å². The Morgan fingerprint density at radius 2 is 1.88 bits per heavy atom. The third-order valence-electron chi connectivity index (χ3n) is 3.84. The van der Waals surface area contributed by atoms with Crippen molar-refractivity contribution in [3.63, 3.8) is 0 Å². The summed E-state index contributed by atoms with van der Waals surface area (Å²) in [5.74, 6) is -0.564. The maximum absolute atomic E-state index is 13.2. The molecule has 0 unspecified atom stereocenters. The van der Waals surface area contributed by atoms with Crippen LogP contribution in [0.1, 0.15) is 22.2 Å². The Morgan fingerprint density at radius 1 is 1.20 bits per heavy atom. The number of halogens is 2. The Labute approximate surface area is 157 Å². The number of aromatic nitrogens is 1. The van der Waals surface area contributed by atoms with Gasteiger partial charge in [-0.25, -0.2) is 4.39 Å². The highest BCUT2D eigenvalue weighted by molar-refractivity contribution is 9.10. The van der Waals surface area contributed by atoms with Crippen molar-refractivity contribution in [3.05, 3.63) is 74.1 Å². The van der Waals surface area contributed by atoms with E-state index >= 15 is 0 Å². The predicted octanol–water partition coefficient (Wildman–Crippen LogP) is 4.96. The monoisotopic (exact) mass is 418 g/mol. The highest BCUT2D eigenvalue weighted by Gasteiger charge is 2.14. The SMILES string of the molecule is CCc1sc(=NC(=O)c2ccccc2Br)n(C)c1-c1ccc(F)cc1. The second kappa shape index (κ2) is 7.45. The normalized spacial score (nSPS) is 11.8. The van der Waals surface area contributed by atoms with Gasteiger partial charge < -0.3 is 4.57 Å². The summed E-state index contributed by atoms with van der Waals surface area (Å²) >= 11 is 4.87. The van der Waals surface area contributed by atoms with Crippen molar-refractivity contribution in [2.45, 2.75) is 13.3 Å². The van der Waals surface area contributed by atoms with E-state index in [2.05, 4.69) is 27.8 Å². The first-order chi connectivity index (χ1) is 12.0. The number of amides is 1. The fraction of sp³-hybridized carbons (Fsp3) is 0.158. The Kier molecular flexibility index (Phi) is 5.30. The summed E-state index contributed by atoms with van der Waals surface area (Å²) in [6.07, 6.45) is 0.809. The molecule has 2 aromatic carbocycles. The van der Waals surface area contributed by atoms with E-state index in [1.54, 1.807) is 18.2 Å². The standard InChI is InChI=1S/C19H16BrFN2OS/c1-3-16-17(12-8-10-13(21)11-9-12)23(2)19(25-16)22-18(24)14-6-4-5-7-15(14)20/h4-11H,3H2,1-2H3. The molecule has 0 saturated carbocycles. The molecule has 0 aliphatic carbocycles. The molecule has 1 heterocycles. The van der Waals surface area contributed by atoms with Gasteiger partial charge in [0, 0.05) is 16.4 Å². The van der Waals surface area contributed by atoms with Gasteiger partial charge in [0.2, 0.25) is 0 Å². The molecule has 0 saturated heterocycles. The fourth-order valence-electron chi connectivity index (χ4n) is 2.59. The molecule has 3 aromatic rings. The number of aryl methyl sites for hydroxylation is 1. The topological polar surface area (TPSA) is 34.4 Å². The van der Waals surface area contributed by atoms with E-state index < -0.39 is 0 Å². The molecule has 1 amide bonds. The molecule has 3 nitrogen and oxygen atoms in total. The van der Waals surface area contributed by atoms with Gasteiger partial charge in [-0.15, -0.1) is 11.3 Å². The van der Waals surface area contributed by atoms with Crippen LogP contribution >= 0.6 is 27.3 Å². The van der Waals surface area contributed by atoms with E-state index in [1.165, 1.54) is 23.5 Å². The minimum Gasteiger partial charge on any atom is -0.319 e. The third-order valence-corrected chi connectivity index (χ3v) is 5.81. The number of carbonyl (C=O) groups excluding carboxylic acids is 1. The van der Waals surface area contributed by atoms with Gasteiger partial charge in [0.05, 0.1) is 11.3 Å². The maximum Gasteiger partial charge on any atom is 0.280 e. The summed E-state index contributed by atoms with van der Waals surface area (Å²) in [5.41, 5.74) is 2.40. The quantitative estimate of drug-likeness (QED) is 0.591. The minimum absolute atomic E-state index is 0.270. The molecule has 0 radical (unpaired) electrons. The number of carbonyl (C=O) groups is 1. The number of benzene rings is 2.